The molecule has 0 saturated heterocycles. The maximum Gasteiger partial charge on any atom is 0.416 e. The van der Waals surface area contributed by atoms with Crippen molar-refractivity contribution in [2.45, 2.75) is 6.18 Å². The first-order valence-electron chi connectivity index (χ1n) is 7.08. The molecule has 0 atom stereocenters. The number of benzene rings is 2. The minimum atomic E-state index is -4.39. The average Bonchev–Trinajstić information content (AvgIpc) is 2.60. The van der Waals surface area contributed by atoms with Gasteiger partial charge >= 0.3 is 6.18 Å². The molecule has 0 spiro atoms. The fourth-order valence-corrected chi connectivity index (χ4v) is 1.97. The molecule has 0 heterocycles. The number of halogens is 3. The summed E-state index contributed by atoms with van der Waals surface area (Å²) in [5.41, 5.74) is 2.25. The third-order valence-corrected chi connectivity index (χ3v) is 3.26. The summed E-state index contributed by atoms with van der Waals surface area (Å²) in [5, 5.41) is 3.73. The van der Waals surface area contributed by atoms with Gasteiger partial charge in [-0.3, -0.25) is 4.79 Å². The van der Waals surface area contributed by atoms with E-state index in [2.05, 4.69) is 10.5 Å². The van der Waals surface area contributed by atoms with Crippen LogP contribution in [0.5, 0.6) is 11.5 Å². The number of hydrazone groups is 1. The molecule has 0 unspecified atom stereocenters. The third-order valence-electron chi connectivity index (χ3n) is 3.26. The van der Waals surface area contributed by atoms with Gasteiger partial charge in [0.05, 0.1) is 26.0 Å². The minimum absolute atomic E-state index is 0.294. The molecular formula is C17H15F3N2O3. The van der Waals surface area contributed by atoms with Crippen molar-refractivity contribution in [3.8, 4) is 11.5 Å². The second-order valence-corrected chi connectivity index (χ2v) is 4.89. The summed E-state index contributed by atoms with van der Waals surface area (Å²) in [6.07, 6.45) is -3.14. The molecule has 0 aromatic heterocycles. The van der Waals surface area contributed by atoms with Crippen LogP contribution in [0.1, 0.15) is 21.5 Å². The Kier molecular flexibility index (Phi) is 5.63. The number of carbonyl (C=O) groups excluding carboxylic acids is 1. The van der Waals surface area contributed by atoms with Crippen molar-refractivity contribution in [2.24, 2.45) is 5.10 Å². The second kappa shape index (κ2) is 7.69. The average molecular weight is 352 g/mol. The Bertz CT molecular complexity index is 772. The van der Waals surface area contributed by atoms with Crippen LogP contribution in [0, 0.1) is 0 Å². The first-order valence-corrected chi connectivity index (χ1v) is 7.08. The molecule has 0 radical (unpaired) electrons. The van der Waals surface area contributed by atoms with E-state index in [9.17, 15) is 18.0 Å². The molecule has 2 rings (SSSR count). The van der Waals surface area contributed by atoms with Crippen molar-refractivity contribution < 1.29 is 27.4 Å². The maximum atomic E-state index is 12.5. The molecule has 0 bridgehead atoms. The number of nitrogens with zero attached hydrogens (tertiary/aromatic N) is 1. The highest BCUT2D eigenvalue weighted by Gasteiger charge is 2.29. The molecule has 1 amide bonds. The van der Waals surface area contributed by atoms with Gasteiger partial charge < -0.3 is 9.47 Å². The first kappa shape index (κ1) is 18.3. The van der Waals surface area contributed by atoms with Gasteiger partial charge in [0, 0.05) is 5.56 Å². The lowest BCUT2D eigenvalue weighted by molar-refractivity contribution is -0.137. The van der Waals surface area contributed by atoms with E-state index in [-0.39, 0.29) is 0 Å². The molecule has 0 aliphatic rings. The molecular weight excluding hydrogens is 337 g/mol. The SMILES string of the molecule is COc1ccc(C(=O)NN=Cc2ccc(C(F)(F)F)cc2)cc1OC. The van der Waals surface area contributed by atoms with Crippen LogP contribution in [0.15, 0.2) is 47.6 Å². The summed E-state index contributed by atoms with van der Waals surface area (Å²) < 4.78 is 47.6. The lowest BCUT2D eigenvalue weighted by Gasteiger charge is -2.08. The molecule has 0 saturated carbocycles. The van der Waals surface area contributed by atoms with E-state index in [0.717, 1.165) is 12.1 Å². The topological polar surface area (TPSA) is 59.9 Å². The summed E-state index contributed by atoms with van der Waals surface area (Å²) in [5.74, 6) is 0.373. The van der Waals surface area contributed by atoms with Gasteiger partial charge in [0.2, 0.25) is 0 Å². The molecule has 2 aromatic carbocycles. The fraction of sp³-hybridized carbons (Fsp3) is 0.176. The van der Waals surface area contributed by atoms with Gasteiger partial charge in [0.15, 0.2) is 11.5 Å². The van der Waals surface area contributed by atoms with Crippen LogP contribution in [-0.2, 0) is 6.18 Å². The van der Waals surface area contributed by atoms with Gasteiger partial charge in [-0.1, -0.05) is 12.1 Å². The number of nitrogens with one attached hydrogen (secondary N) is 1. The van der Waals surface area contributed by atoms with Crippen LogP contribution in [-0.4, -0.2) is 26.3 Å². The Morgan fingerprint density at radius 1 is 1.04 bits per heavy atom. The van der Waals surface area contributed by atoms with Crippen LogP contribution >= 0.6 is 0 Å². The Hall–Kier alpha value is -3.03. The van der Waals surface area contributed by atoms with Gasteiger partial charge in [-0.05, 0) is 35.9 Å². The summed E-state index contributed by atoms with van der Waals surface area (Å²) >= 11 is 0. The van der Waals surface area contributed by atoms with Gasteiger partial charge in [-0.15, -0.1) is 0 Å². The molecule has 1 N–H and O–H groups in total. The highest BCUT2D eigenvalue weighted by molar-refractivity contribution is 5.95. The Labute approximate surface area is 142 Å². The number of hydrogen-bond donors (Lipinski definition) is 1. The summed E-state index contributed by atoms with van der Waals surface area (Å²) in [6.45, 7) is 0. The van der Waals surface area contributed by atoms with Gasteiger partial charge in [-0.2, -0.15) is 18.3 Å². The van der Waals surface area contributed by atoms with Crippen LogP contribution in [0.4, 0.5) is 13.2 Å². The van der Waals surface area contributed by atoms with Gasteiger partial charge in [-0.25, -0.2) is 5.43 Å². The zero-order valence-electron chi connectivity index (χ0n) is 13.4. The zero-order chi connectivity index (χ0) is 18.4. The number of rotatable bonds is 5. The van der Waals surface area contributed by atoms with E-state index in [4.69, 9.17) is 9.47 Å². The zero-order valence-corrected chi connectivity index (χ0v) is 13.4. The molecule has 0 aliphatic carbocycles. The van der Waals surface area contributed by atoms with Crippen molar-refractivity contribution in [2.75, 3.05) is 14.2 Å². The lowest BCUT2D eigenvalue weighted by atomic mass is 10.1. The van der Waals surface area contributed by atoms with Crippen molar-refractivity contribution in [1.29, 1.82) is 0 Å². The normalized spacial score (nSPS) is 11.4. The van der Waals surface area contributed by atoms with Crippen molar-refractivity contribution in [3.63, 3.8) is 0 Å². The Balaban J connectivity index is 2.03. The minimum Gasteiger partial charge on any atom is -0.493 e. The largest absolute Gasteiger partial charge is 0.493 e. The predicted molar refractivity (Wildman–Crippen MR) is 86.1 cm³/mol. The molecule has 132 valence electrons. The number of hydrogen-bond acceptors (Lipinski definition) is 4. The molecule has 0 fully saturated rings. The quantitative estimate of drug-likeness (QED) is 0.662. The summed E-state index contributed by atoms with van der Waals surface area (Å²) in [6, 6.07) is 9.00. The predicted octanol–water partition coefficient (Wildman–Crippen LogP) is 3.49. The van der Waals surface area contributed by atoms with E-state index in [1.54, 1.807) is 6.07 Å². The summed E-state index contributed by atoms with van der Waals surface area (Å²) in [7, 11) is 2.92. The van der Waals surface area contributed by atoms with E-state index in [0.29, 0.717) is 22.6 Å². The third kappa shape index (κ3) is 4.72. The first-order chi connectivity index (χ1) is 11.8. The van der Waals surface area contributed by atoms with Gasteiger partial charge in [0.1, 0.15) is 0 Å². The van der Waals surface area contributed by atoms with E-state index in [1.165, 1.54) is 44.7 Å². The van der Waals surface area contributed by atoms with Crippen molar-refractivity contribution in [1.82, 2.24) is 5.43 Å². The molecule has 2 aromatic rings. The monoisotopic (exact) mass is 352 g/mol. The number of methoxy groups -OCH3 is 2. The van der Waals surface area contributed by atoms with Crippen LogP contribution in [0.2, 0.25) is 0 Å². The Morgan fingerprint density at radius 3 is 2.24 bits per heavy atom. The maximum absolute atomic E-state index is 12.5. The van der Waals surface area contributed by atoms with Gasteiger partial charge in [0.25, 0.3) is 5.91 Å². The number of alkyl halides is 3. The van der Waals surface area contributed by atoms with Crippen molar-refractivity contribution >= 4 is 12.1 Å². The van der Waals surface area contributed by atoms with Crippen molar-refractivity contribution in [3.05, 3.63) is 59.2 Å². The number of amides is 1. The van der Waals surface area contributed by atoms with E-state index >= 15 is 0 Å². The second-order valence-electron chi connectivity index (χ2n) is 4.89. The van der Waals surface area contributed by atoms with Crippen LogP contribution < -0.4 is 14.9 Å². The molecule has 0 aliphatic heterocycles. The smallest absolute Gasteiger partial charge is 0.416 e. The summed E-state index contributed by atoms with van der Waals surface area (Å²) in [4.78, 5) is 12.0. The van der Waals surface area contributed by atoms with E-state index in [1.807, 2.05) is 0 Å². The van der Waals surface area contributed by atoms with Crippen LogP contribution in [0.3, 0.4) is 0 Å². The Morgan fingerprint density at radius 2 is 1.68 bits per heavy atom. The number of carbonyl (C=O) groups is 1. The molecule has 25 heavy (non-hydrogen) atoms. The molecule has 8 heteroatoms. The van der Waals surface area contributed by atoms with E-state index < -0.39 is 17.6 Å². The highest BCUT2D eigenvalue weighted by atomic mass is 19.4. The molecule has 5 nitrogen and oxygen atoms in total. The lowest BCUT2D eigenvalue weighted by Crippen LogP contribution is -2.17. The van der Waals surface area contributed by atoms with Crippen LogP contribution in [0.25, 0.3) is 0 Å². The number of ether oxygens (including phenoxy) is 2. The fourth-order valence-electron chi connectivity index (χ4n) is 1.97. The highest BCUT2D eigenvalue weighted by Crippen LogP contribution is 2.29. The standard InChI is InChI=1S/C17H15F3N2O3/c1-24-14-8-5-12(9-15(14)25-2)16(23)22-21-10-11-3-6-13(7-4-11)17(18,19)20/h3-10H,1-2H3,(H,22,23).